The number of carbonyl (C=O) groups is 2. The lowest BCUT2D eigenvalue weighted by Crippen LogP contribution is -2.32. The monoisotopic (exact) mass is 476 g/mol. The Hall–Kier alpha value is -3.44. The van der Waals surface area contributed by atoms with Crippen LogP contribution in [0.25, 0.3) is 11.0 Å². The van der Waals surface area contributed by atoms with Crippen LogP contribution in [0.4, 0.5) is 18.9 Å². The number of halogens is 3. The van der Waals surface area contributed by atoms with Gasteiger partial charge in [-0.2, -0.15) is 18.2 Å². The van der Waals surface area contributed by atoms with E-state index in [1.54, 1.807) is 27.7 Å². The highest BCUT2D eigenvalue weighted by Crippen LogP contribution is 2.29. The number of aromatic amines is 1. The molecule has 1 aliphatic heterocycles. The number of hydrogen-bond acceptors (Lipinski definition) is 4. The van der Waals surface area contributed by atoms with Crippen molar-refractivity contribution in [2.75, 3.05) is 31.3 Å². The van der Waals surface area contributed by atoms with Crippen molar-refractivity contribution in [1.82, 2.24) is 9.55 Å². The van der Waals surface area contributed by atoms with Crippen molar-refractivity contribution in [3.05, 3.63) is 59.2 Å². The Labute approximate surface area is 192 Å². The van der Waals surface area contributed by atoms with Gasteiger partial charge in [0.2, 0.25) is 5.62 Å². The largest absolute Gasteiger partial charge is 0.416 e. The summed E-state index contributed by atoms with van der Waals surface area (Å²) < 4.78 is 46.1. The van der Waals surface area contributed by atoms with Crippen LogP contribution in [-0.2, 0) is 22.3 Å². The predicted molar refractivity (Wildman–Crippen MR) is 117 cm³/mol. The number of carbonyl (C=O) groups excluding carboxylic acids is 2. The van der Waals surface area contributed by atoms with Crippen LogP contribution in [0.15, 0.2) is 47.5 Å². The number of anilines is 1. The number of nitrogens with zero attached hydrogens (tertiary/aromatic N) is 3. The van der Waals surface area contributed by atoms with Crippen molar-refractivity contribution in [3.63, 3.8) is 0 Å². The predicted octanol–water partition coefficient (Wildman–Crippen LogP) is 2.87. The van der Waals surface area contributed by atoms with Gasteiger partial charge in [-0.05, 0) is 49.2 Å². The number of aryl methyl sites for hydroxylation is 1. The average molecular weight is 476 g/mol. The number of ether oxygens (including phenoxy) is 1. The molecule has 2 heterocycles. The second kappa shape index (κ2) is 9.82. The van der Waals surface area contributed by atoms with E-state index < -0.39 is 17.6 Å². The maximum Gasteiger partial charge on any atom is 0.416 e. The van der Waals surface area contributed by atoms with E-state index in [0.717, 1.165) is 18.2 Å². The van der Waals surface area contributed by atoms with Gasteiger partial charge in [0.05, 0.1) is 16.6 Å². The molecule has 3 aromatic rings. The summed E-state index contributed by atoms with van der Waals surface area (Å²) in [5, 5.41) is 9.28. The fraction of sp³-hybridized carbons (Fsp3) is 0.348. The lowest BCUT2D eigenvalue weighted by atomic mass is 10.1. The molecule has 1 aromatic heterocycles. The molecule has 2 aromatic carbocycles. The number of nitrogens with one attached hydrogen (secondary N) is 1. The molecule has 0 saturated carbocycles. The van der Waals surface area contributed by atoms with Crippen LogP contribution in [0.2, 0.25) is 0 Å². The summed E-state index contributed by atoms with van der Waals surface area (Å²) in [6.45, 7) is 1.21. The van der Waals surface area contributed by atoms with Crippen molar-refractivity contribution >= 4 is 28.5 Å². The normalized spacial score (nSPS) is 15.7. The summed E-state index contributed by atoms with van der Waals surface area (Å²) >= 11 is 0. The molecule has 1 aliphatic rings. The Balaban J connectivity index is 1.76. The van der Waals surface area contributed by atoms with Crippen molar-refractivity contribution in [2.45, 2.75) is 25.6 Å². The van der Waals surface area contributed by atoms with Crippen LogP contribution in [0.1, 0.15) is 28.8 Å². The number of H-pyrrole nitrogens is 1. The lowest BCUT2D eigenvalue weighted by Gasteiger charge is -2.20. The Morgan fingerprint density at radius 2 is 2.03 bits per heavy atom. The number of alkyl halides is 3. The van der Waals surface area contributed by atoms with Gasteiger partial charge in [0.15, 0.2) is 0 Å². The van der Waals surface area contributed by atoms with E-state index in [1.165, 1.54) is 6.07 Å². The molecule has 2 N–H and O–H groups in total. The van der Waals surface area contributed by atoms with Crippen LogP contribution >= 0.6 is 0 Å². The molecule has 1 fully saturated rings. The second-order valence-electron chi connectivity index (χ2n) is 7.83. The van der Waals surface area contributed by atoms with Crippen molar-refractivity contribution in [3.8, 4) is 0 Å². The highest BCUT2D eigenvalue weighted by molar-refractivity contribution is 5.97. The van der Waals surface area contributed by atoms with E-state index in [-0.39, 0.29) is 30.3 Å². The minimum atomic E-state index is -4.58. The van der Waals surface area contributed by atoms with Crippen molar-refractivity contribution < 1.29 is 32.6 Å². The van der Waals surface area contributed by atoms with E-state index in [0.29, 0.717) is 49.3 Å². The molecule has 0 unspecified atom stereocenters. The summed E-state index contributed by atoms with van der Waals surface area (Å²) in [7, 11) is 0. The summed E-state index contributed by atoms with van der Waals surface area (Å²) in [5.41, 5.74) is 0.908. The van der Waals surface area contributed by atoms with Crippen LogP contribution < -0.4 is 10.5 Å². The van der Waals surface area contributed by atoms with Gasteiger partial charge in [0.25, 0.3) is 11.8 Å². The smallest absolute Gasteiger partial charge is 0.396 e. The number of fused-ring (bicyclic) bond motifs is 1. The molecule has 1 saturated heterocycles. The molecular weight excluding hydrogens is 453 g/mol. The molecule has 2 amide bonds. The zero-order valence-corrected chi connectivity index (χ0v) is 18.1. The van der Waals surface area contributed by atoms with Gasteiger partial charge >= 0.3 is 6.18 Å². The number of imidazole rings is 1. The third-order valence-corrected chi connectivity index (χ3v) is 5.47. The summed E-state index contributed by atoms with van der Waals surface area (Å²) in [4.78, 5) is 33.8. The molecular formula is C23H23F3N4O4. The molecule has 0 radical (unpaired) electrons. The Morgan fingerprint density at radius 3 is 2.79 bits per heavy atom. The standard InChI is InChI=1S/C23H23F3N4O4/c24-23(25,26)16-5-1-4-15(12-16)21(33)28-22-27-18-13-17(29-9-3-11-34-14-20(29)32)6-7-19(18)30(22)8-2-10-31/h1,4-7,12-13,31H,2-3,8-11,14H2,(H,27,28,33). The highest BCUT2D eigenvalue weighted by Gasteiger charge is 2.31. The maximum absolute atomic E-state index is 13.0. The number of amides is 2. The first kappa shape index (κ1) is 23.7. The number of rotatable bonds is 5. The van der Waals surface area contributed by atoms with Gasteiger partial charge in [0.1, 0.15) is 6.61 Å². The van der Waals surface area contributed by atoms with Gasteiger partial charge in [-0.25, -0.2) is 0 Å². The third-order valence-electron chi connectivity index (χ3n) is 5.47. The topological polar surface area (TPSA) is 99.9 Å². The van der Waals surface area contributed by atoms with E-state index in [9.17, 15) is 27.9 Å². The van der Waals surface area contributed by atoms with Crippen LogP contribution in [0, 0.1) is 0 Å². The van der Waals surface area contributed by atoms with Gasteiger partial charge in [-0.1, -0.05) is 6.07 Å². The van der Waals surface area contributed by atoms with Crippen LogP contribution in [0.3, 0.4) is 0 Å². The highest BCUT2D eigenvalue weighted by atomic mass is 19.4. The zero-order chi connectivity index (χ0) is 24.3. The molecule has 11 heteroatoms. The first-order valence-corrected chi connectivity index (χ1v) is 10.8. The van der Waals surface area contributed by atoms with E-state index in [1.807, 2.05) is 0 Å². The Kier molecular flexibility index (Phi) is 6.85. The molecule has 34 heavy (non-hydrogen) atoms. The SMILES string of the molecule is O=C(/N=c1\[nH]c2cc(N3CCCOCC3=O)ccc2n1CCCO)c1cccc(C(F)(F)F)c1. The molecule has 0 spiro atoms. The van der Waals surface area contributed by atoms with E-state index in [2.05, 4.69) is 9.98 Å². The Morgan fingerprint density at radius 1 is 1.21 bits per heavy atom. The number of aliphatic hydroxyl groups excluding tert-OH is 1. The first-order valence-electron chi connectivity index (χ1n) is 10.8. The van der Waals surface area contributed by atoms with Crippen molar-refractivity contribution in [2.24, 2.45) is 4.99 Å². The molecule has 0 aliphatic carbocycles. The summed E-state index contributed by atoms with van der Waals surface area (Å²) in [5.74, 6) is -1.00. The van der Waals surface area contributed by atoms with Crippen LogP contribution in [0.5, 0.6) is 0 Å². The summed E-state index contributed by atoms with van der Waals surface area (Å²) in [6.07, 6.45) is -3.51. The minimum Gasteiger partial charge on any atom is -0.396 e. The fourth-order valence-electron chi connectivity index (χ4n) is 3.82. The quantitative estimate of drug-likeness (QED) is 0.592. The minimum absolute atomic E-state index is 0.00859. The molecule has 8 nitrogen and oxygen atoms in total. The Bertz CT molecular complexity index is 1280. The second-order valence-corrected chi connectivity index (χ2v) is 7.83. The number of aliphatic hydroxyl groups is 1. The number of aromatic nitrogens is 2. The molecule has 0 bridgehead atoms. The summed E-state index contributed by atoms with van der Waals surface area (Å²) in [6, 6.07) is 9.37. The van der Waals surface area contributed by atoms with Gasteiger partial charge in [-0.15, -0.1) is 0 Å². The lowest BCUT2D eigenvalue weighted by molar-refractivity contribution is -0.137. The van der Waals surface area contributed by atoms with Gasteiger partial charge < -0.3 is 24.3 Å². The fourth-order valence-corrected chi connectivity index (χ4v) is 3.82. The molecule has 0 atom stereocenters. The number of hydrogen-bond donors (Lipinski definition) is 2. The molecule has 180 valence electrons. The van der Waals surface area contributed by atoms with Crippen molar-refractivity contribution in [1.29, 1.82) is 0 Å². The maximum atomic E-state index is 13.0. The van der Waals surface area contributed by atoms with Gasteiger partial charge in [0, 0.05) is 37.6 Å². The van der Waals surface area contributed by atoms with Gasteiger partial charge in [-0.3, -0.25) is 9.59 Å². The first-order chi connectivity index (χ1) is 16.3. The zero-order valence-electron chi connectivity index (χ0n) is 18.1. The van der Waals surface area contributed by atoms with E-state index >= 15 is 0 Å². The van der Waals surface area contributed by atoms with Crippen LogP contribution in [-0.4, -0.2) is 52.8 Å². The number of benzene rings is 2. The van der Waals surface area contributed by atoms with E-state index in [4.69, 9.17) is 4.74 Å². The average Bonchev–Trinajstić information content (AvgIpc) is 2.99. The molecule has 4 rings (SSSR count). The third kappa shape index (κ3) is 5.05.